The lowest BCUT2D eigenvalue weighted by Gasteiger charge is -2.36. The van der Waals surface area contributed by atoms with Crippen molar-refractivity contribution in [2.24, 2.45) is 0 Å². The van der Waals surface area contributed by atoms with Crippen LogP contribution in [0.15, 0.2) is 72.5 Å². The van der Waals surface area contributed by atoms with E-state index in [1.54, 1.807) is 49.6 Å². The first kappa shape index (κ1) is 22.8. The van der Waals surface area contributed by atoms with Crippen molar-refractivity contribution in [1.29, 1.82) is 0 Å². The van der Waals surface area contributed by atoms with Gasteiger partial charge in [-0.25, -0.2) is 0 Å². The number of carbonyl (C=O) groups excluding carboxylic acids is 2. The molecule has 2 aliphatic heterocycles. The van der Waals surface area contributed by atoms with Gasteiger partial charge in [0.15, 0.2) is 11.5 Å². The smallest absolute Gasteiger partial charge is 0.291 e. The lowest BCUT2D eigenvalue weighted by Crippen LogP contribution is -2.48. The highest BCUT2D eigenvalue weighted by Gasteiger charge is 2.26. The van der Waals surface area contributed by atoms with Crippen LogP contribution in [0.1, 0.15) is 15.9 Å². The number of carbonyl (C=O) groups is 2. The average molecular weight is 490 g/mol. The molecule has 0 unspecified atom stereocenters. The zero-order valence-corrected chi connectivity index (χ0v) is 19.9. The fraction of sp³-hybridized carbons (Fsp3) is 0.185. The molecule has 1 saturated heterocycles. The average Bonchev–Trinajstić information content (AvgIpc) is 2.88. The fourth-order valence-corrected chi connectivity index (χ4v) is 4.40. The number of nitrogens with one attached hydrogen (secondary N) is 1. The number of hydrogen-bond donors (Lipinski definition) is 1. The van der Waals surface area contributed by atoms with E-state index in [1.165, 1.54) is 0 Å². The molecule has 1 N–H and O–H groups in total. The minimum Gasteiger partial charge on any atom is -0.497 e. The molecule has 178 valence electrons. The van der Waals surface area contributed by atoms with E-state index >= 15 is 0 Å². The monoisotopic (exact) mass is 489 g/mol. The second-order valence-electron chi connectivity index (χ2n) is 8.31. The van der Waals surface area contributed by atoms with Crippen LogP contribution in [0.25, 0.3) is 6.08 Å². The van der Waals surface area contributed by atoms with Crippen LogP contribution in [0.2, 0.25) is 5.02 Å². The van der Waals surface area contributed by atoms with Gasteiger partial charge in [-0.1, -0.05) is 29.8 Å². The summed E-state index contributed by atoms with van der Waals surface area (Å²) >= 11 is 6.03. The predicted octanol–water partition coefficient (Wildman–Crippen LogP) is 4.68. The summed E-state index contributed by atoms with van der Waals surface area (Å²) in [5.41, 5.74) is 2.81. The first-order valence-corrected chi connectivity index (χ1v) is 11.7. The highest BCUT2D eigenvalue weighted by atomic mass is 35.5. The summed E-state index contributed by atoms with van der Waals surface area (Å²) in [6.45, 7) is 2.65. The van der Waals surface area contributed by atoms with Crippen LogP contribution in [-0.4, -0.2) is 50.0 Å². The second-order valence-corrected chi connectivity index (χ2v) is 8.75. The molecule has 3 aromatic rings. The molecule has 2 heterocycles. The Morgan fingerprint density at radius 3 is 2.60 bits per heavy atom. The Labute approximate surface area is 208 Å². The molecule has 0 saturated carbocycles. The number of halogens is 1. The fourth-order valence-electron chi connectivity index (χ4n) is 4.20. The molecular weight excluding hydrogens is 466 g/mol. The lowest BCUT2D eigenvalue weighted by molar-refractivity contribution is -0.115. The number of hydrogen-bond acceptors (Lipinski definition) is 5. The van der Waals surface area contributed by atoms with Crippen LogP contribution in [0.3, 0.4) is 0 Å². The molecule has 5 rings (SSSR count). The van der Waals surface area contributed by atoms with Gasteiger partial charge in [-0.2, -0.15) is 0 Å². The highest BCUT2D eigenvalue weighted by Crippen LogP contribution is 2.33. The number of benzene rings is 3. The van der Waals surface area contributed by atoms with E-state index in [0.717, 1.165) is 30.1 Å². The van der Waals surface area contributed by atoms with E-state index in [9.17, 15) is 9.59 Å². The van der Waals surface area contributed by atoms with Crippen LogP contribution < -0.4 is 19.7 Å². The number of methoxy groups -OCH3 is 1. The number of ether oxygens (including phenoxy) is 2. The van der Waals surface area contributed by atoms with Crippen molar-refractivity contribution < 1.29 is 19.1 Å². The summed E-state index contributed by atoms with van der Waals surface area (Å²) in [7, 11) is 1.65. The third-order valence-electron chi connectivity index (χ3n) is 6.05. The molecule has 0 aromatic heterocycles. The highest BCUT2D eigenvalue weighted by molar-refractivity contribution is 6.30. The molecule has 2 amide bonds. The van der Waals surface area contributed by atoms with Crippen molar-refractivity contribution in [3.05, 3.63) is 88.6 Å². The molecule has 0 aliphatic carbocycles. The van der Waals surface area contributed by atoms with Gasteiger partial charge in [0.05, 0.1) is 12.8 Å². The summed E-state index contributed by atoms with van der Waals surface area (Å²) in [4.78, 5) is 29.8. The molecule has 0 radical (unpaired) electrons. The molecule has 2 aliphatic rings. The van der Waals surface area contributed by atoms with E-state index in [2.05, 4.69) is 10.2 Å². The molecular formula is C27H24ClN3O4. The van der Waals surface area contributed by atoms with Crippen LogP contribution in [0.5, 0.6) is 11.5 Å². The van der Waals surface area contributed by atoms with E-state index < -0.39 is 0 Å². The van der Waals surface area contributed by atoms with Gasteiger partial charge in [0.1, 0.15) is 5.75 Å². The second kappa shape index (κ2) is 9.72. The van der Waals surface area contributed by atoms with Crippen LogP contribution in [0.4, 0.5) is 11.4 Å². The van der Waals surface area contributed by atoms with Crippen molar-refractivity contribution in [2.75, 3.05) is 43.5 Å². The van der Waals surface area contributed by atoms with Crippen molar-refractivity contribution in [3.8, 4) is 11.5 Å². The molecule has 3 aromatic carbocycles. The Balaban J connectivity index is 1.26. The number of amides is 2. The summed E-state index contributed by atoms with van der Waals surface area (Å²) < 4.78 is 11.1. The van der Waals surface area contributed by atoms with Gasteiger partial charge in [0.2, 0.25) is 0 Å². The normalized spacial score (nSPS) is 16.4. The summed E-state index contributed by atoms with van der Waals surface area (Å²) in [5, 5.41) is 3.40. The van der Waals surface area contributed by atoms with Gasteiger partial charge in [-0.3, -0.25) is 9.59 Å². The van der Waals surface area contributed by atoms with Crippen LogP contribution in [0, 0.1) is 0 Å². The topological polar surface area (TPSA) is 71.1 Å². The summed E-state index contributed by atoms with van der Waals surface area (Å²) in [5.74, 6) is 0.997. The van der Waals surface area contributed by atoms with E-state index in [4.69, 9.17) is 21.1 Å². The summed E-state index contributed by atoms with van der Waals surface area (Å²) in [6.07, 6.45) is 1.63. The maximum atomic E-state index is 13.2. The Morgan fingerprint density at radius 1 is 1.03 bits per heavy atom. The quantitative estimate of drug-likeness (QED) is 0.539. The first-order chi connectivity index (χ1) is 17.0. The molecule has 0 spiro atoms. The third kappa shape index (κ3) is 4.95. The zero-order chi connectivity index (χ0) is 24.4. The maximum Gasteiger partial charge on any atom is 0.291 e. The first-order valence-electron chi connectivity index (χ1n) is 11.3. The van der Waals surface area contributed by atoms with Crippen LogP contribution >= 0.6 is 11.6 Å². The number of anilines is 2. The van der Waals surface area contributed by atoms with Gasteiger partial charge < -0.3 is 24.6 Å². The van der Waals surface area contributed by atoms with Gasteiger partial charge in [-0.15, -0.1) is 0 Å². The Bertz CT molecular complexity index is 1320. The van der Waals surface area contributed by atoms with Crippen molar-refractivity contribution in [1.82, 2.24) is 4.90 Å². The predicted molar refractivity (Wildman–Crippen MR) is 136 cm³/mol. The van der Waals surface area contributed by atoms with E-state index in [-0.39, 0.29) is 17.6 Å². The van der Waals surface area contributed by atoms with E-state index in [0.29, 0.717) is 35.1 Å². The molecule has 1 fully saturated rings. The number of rotatable bonds is 4. The summed E-state index contributed by atoms with van der Waals surface area (Å²) in [6, 6.07) is 20.2. The largest absolute Gasteiger partial charge is 0.497 e. The SMILES string of the molecule is COc1cccc(N2CCN(C(=O)c3ccc4c(c3)NC(=O)/C(=C\c3cccc(Cl)c3)O4)CC2)c1. The molecule has 8 heteroatoms. The number of fused-ring (bicyclic) bond motifs is 1. The van der Waals surface area contributed by atoms with Crippen molar-refractivity contribution in [3.63, 3.8) is 0 Å². The standard InChI is InChI=1S/C27H24ClN3O4/c1-34-22-7-3-6-21(17-22)30-10-12-31(13-11-30)27(33)19-8-9-24-23(16-19)29-26(32)25(35-24)15-18-4-2-5-20(28)14-18/h2-9,14-17H,10-13H2,1H3,(H,29,32)/b25-15+. The molecule has 0 atom stereocenters. The minimum atomic E-state index is -0.381. The van der Waals surface area contributed by atoms with Gasteiger partial charge in [-0.05, 0) is 54.1 Å². The Morgan fingerprint density at radius 2 is 1.83 bits per heavy atom. The lowest BCUT2D eigenvalue weighted by atomic mass is 10.1. The Hall–Kier alpha value is -3.97. The molecule has 0 bridgehead atoms. The zero-order valence-electron chi connectivity index (χ0n) is 19.2. The molecule has 7 nitrogen and oxygen atoms in total. The van der Waals surface area contributed by atoms with Gasteiger partial charge in [0.25, 0.3) is 11.8 Å². The molecule has 35 heavy (non-hydrogen) atoms. The minimum absolute atomic E-state index is 0.0763. The maximum absolute atomic E-state index is 13.2. The van der Waals surface area contributed by atoms with Gasteiger partial charge in [0, 0.05) is 48.5 Å². The van der Waals surface area contributed by atoms with Gasteiger partial charge >= 0.3 is 0 Å². The Kier molecular flexibility index (Phi) is 6.33. The number of piperazine rings is 1. The van der Waals surface area contributed by atoms with E-state index in [1.807, 2.05) is 35.2 Å². The van der Waals surface area contributed by atoms with Crippen LogP contribution in [-0.2, 0) is 4.79 Å². The third-order valence-corrected chi connectivity index (χ3v) is 6.29. The number of nitrogens with zero attached hydrogens (tertiary/aromatic N) is 2. The van der Waals surface area contributed by atoms with Crippen molar-refractivity contribution >= 4 is 40.9 Å². The van der Waals surface area contributed by atoms with Crippen molar-refractivity contribution in [2.45, 2.75) is 0 Å².